The standard InChI is InChI=1S/C16H15F2NO3/c1-21-8-9-22-13-5-3-12(4-6-13)19-16(20)11-2-7-14(17)15(18)10-11/h2-7,10H,8-9H2,1H3,(H,19,20). The number of nitrogens with one attached hydrogen (secondary N) is 1. The van der Waals surface area contributed by atoms with E-state index in [0.29, 0.717) is 24.7 Å². The molecular weight excluding hydrogens is 292 g/mol. The lowest BCUT2D eigenvalue weighted by Crippen LogP contribution is -2.12. The third-order valence-corrected chi connectivity index (χ3v) is 2.85. The molecule has 0 heterocycles. The Morgan fingerprint density at radius 2 is 1.77 bits per heavy atom. The van der Waals surface area contributed by atoms with E-state index in [1.807, 2.05) is 0 Å². The number of rotatable bonds is 6. The van der Waals surface area contributed by atoms with E-state index in [9.17, 15) is 13.6 Å². The lowest BCUT2D eigenvalue weighted by atomic mass is 10.2. The number of amides is 1. The van der Waals surface area contributed by atoms with E-state index < -0.39 is 17.5 Å². The molecule has 0 saturated heterocycles. The molecule has 2 aromatic carbocycles. The minimum atomic E-state index is -1.06. The second-order valence-corrected chi connectivity index (χ2v) is 4.45. The molecule has 0 unspecified atom stereocenters. The van der Waals surface area contributed by atoms with Crippen molar-refractivity contribution in [2.24, 2.45) is 0 Å². The maximum Gasteiger partial charge on any atom is 0.255 e. The largest absolute Gasteiger partial charge is 0.491 e. The van der Waals surface area contributed by atoms with Gasteiger partial charge in [-0.05, 0) is 42.5 Å². The molecule has 0 spiro atoms. The molecule has 0 aliphatic carbocycles. The van der Waals surface area contributed by atoms with Crippen LogP contribution in [0.3, 0.4) is 0 Å². The number of hydrogen-bond acceptors (Lipinski definition) is 3. The number of methoxy groups -OCH3 is 1. The van der Waals surface area contributed by atoms with Crippen molar-refractivity contribution in [2.75, 3.05) is 25.6 Å². The Kier molecular flexibility index (Phi) is 5.43. The number of anilines is 1. The highest BCUT2D eigenvalue weighted by Crippen LogP contribution is 2.17. The topological polar surface area (TPSA) is 47.6 Å². The summed E-state index contributed by atoms with van der Waals surface area (Å²) in [6, 6.07) is 9.67. The van der Waals surface area contributed by atoms with E-state index in [-0.39, 0.29) is 5.56 Å². The van der Waals surface area contributed by atoms with Crippen LogP contribution >= 0.6 is 0 Å². The summed E-state index contributed by atoms with van der Waals surface area (Å²) in [6.07, 6.45) is 0. The molecule has 0 saturated carbocycles. The van der Waals surface area contributed by atoms with Gasteiger partial charge in [-0.3, -0.25) is 4.79 Å². The van der Waals surface area contributed by atoms with Crippen LogP contribution in [0.4, 0.5) is 14.5 Å². The van der Waals surface area contributed by atoms with Crippen LogP contribution in [0, 0.1) is 11.6 Å². The third-order valence-electron chi connectivity index (χ3n) is 2.85. The first-order chi connectivity index (χ1) is 10.6. The van der Waals surface area contributed by atoms with Crippen LogP contribution in [0.1, 0.15) is 10.4 Å². The van der Waals surface area contributed by atoms with Crippen molar-refractivity contribution < 1.29 is 23.0 Å². The summed E-state index contributed by atoms with van der Waals surface area (Å²) in [5.41, 5.74) is 0.563. The highest BCUT2D eigenvalue weighted by molar-refractivity contribution is 6.04. The van der Waals surface area contributed by atoms with Gasteiger partial charge in [-0.2, -0.15) is 0 Å². The van der Waals surface area contributed by atoms with Gasteiger partial charge in [0.15, 0.2) is 11.6 Å². The van der Waals surface area contributed by atoms with Crippen LogP contribution in [0.2, 0.25) is 0 Å². The Balaban J connectivity index is 1.97. The molecule has 2 rings (SSSR count). The molecule has 0 fully saturated rings. The van der Waals surface area contributed by atoms with Crippen LogP contribution in [-0.2, 0) is 4.74 Å². The van der Waals surface area contributed by atoms with Crippen LogP contribution in [-0.4, -0.2) is 26.2 Å². The lowest BCUT2D eigenvalue weighted by Gasteiger charge is -2.08. The molecule has 6 heteroatoms. The Hall–Kier alpha value is -2.47. The van der Waals surface area contributed by atoms with Crippen molar-refractivity contribution in [3.8, 4) is 5.75 Å². The van der Waals surface area contributed by atoms with Gasteiger partial charge in [-0.15, -0.1) is 0 Å². The first kappa shape index (κ1) is 15.9. The zero-order chi connectivity index (χ0) is 15.9. The fourth-order valence-corrected chi connectivity index (χ4v) is 1.72. The fraction of sp³-hybridized carbons (Fsp3) is 0.188. The normalized spacial score (nSPS) is 10.3. The maximum absolute atomic E-state index is 13.1. The smallest absolute Gasteiger partial charge is 0.255 e. The summed E-state index contributed by atoms with van der Waals surface area (Å²) in [6.45, 7) is 0.908. The quantitative estimate of drug-likeness (QED) is 0.833. The minimum Gasteiger partial charge on any atom is -0.491 e. The van der Waals surface area contributed by atoms with Crippen molar-refractivity contribution >= 4 is 11.6 Å². The number of carbonyl (C=O) groups excluding carboxylic acids is 1. The zero-order valence-electron chi connectivity index (χ0n) is 11.9. The van der Waals surface area contributed by atoms with Gasteiger partial charge in [0.2, 0.25) is 0 Å². The van der Waals surface area contributed by atoms with Gasteiger partial charge in [0.05, 0.1) is 6.61 Å². The van der Waals surface area contributed by atoms with Crippen LogP contribution < -0.4 is 10.1 Å². The zero-order valence-corrected chi connectivity index (χ0v) is 11.9. The Bertz CT molecular complexity index is 644. The maximum atomic E-state index is 13.1. The highest BCUT2D eigenvalue weighted by atomic mass is 19.2. The molecule has 0 bridgehead atoms. The average molecular weight is 307 g/mol. The second-order valence-electron chi connectivity index (χ2n) is 4.45. The van der Waals surface area contributed by atoms with Crippen molar-refractivity contribution in [3.05, 3.63) is 59.7 Å². The number of hydrogen-bond donors (Lipinski definition) is 1. The first-order valence-electron chi connectivity index (χ1n) is 6.58. The van der Waals surface area contributed by atoms with Gasteiger partial charge in [0.1, 0.15) is 12.4 Å². The monoisotopic (exact) mass is 307 g/mol. The summed E-state index contributed by atoms with van der Waals surface area (Å²) < 4.78 is 36.2. The molecule has 1 amide bonds. The van der Waals surface area contributed by atoms with E-state index >= 15 is 0 Å². The SMILES string of the molecule is COCCOc1ccc(NC(=O)c2ccc(F)c(F)c2)cc1. The van der Waals surface area contributed by atoms with Gasteiger partial charge in [-0.1, -0.05) is 0 Å². The van der Waals surface area contributed by atoms with Gasteiger partial charge < -0.3 is 14.8 Å². The Labute approximate surface area is 126 Å². The number of halogens is 2. The molecule has 0 aliphatic heterocycles. The molecule has 116 valence electrons. The van der Waals surface area contributed by atoms with E-state index in [1.165, 1.54) is 6.07 Å². The third kappa shape index (κ3) is 4.26. The summed E-state index contributed by atoms with van der Waals surface area (Å²) in [7, 11) is 1.58. The second kappa shape index (κ2) is 7.51. The van der Waals surface area contributed by atoms with Gasteiger partial charge in [0, 0.05) is 18.4 Å². The van der Waals surface area contributed by atoms with Gasteiger partial charge in [0.25, 0.3) is 5.91 Å². The van der Waals surface area contributed by atoms with Crippen LogP contribution in [0.15, 0.2) is 42.5 Å². The molecule has 0 aromatic heterocycles. The summed E-state index contributed by atoms with van der Waals surface area (Å²) in [4.78, 5) is 11.9. The van der Waals surface area contributed by atoms with Crippen molar-refractivity contribution in [2.45, 2.75) is 0 Å². The summed E-state index contributed by atoms with van der Waals surface area (Å²) >= 11 is 0. The highest BCUT2D eigenvalue weighted by Gasteiger charge is 2.10. The molecule has 22 heavy (non-hydrogen) atoms. The lowest BCUT2D eigenvalue weighted by molar-refractivity contribution is 0.102. The molecule has 0 aliphatic rings. The number of benzene rings is 2. The Morgan fingerprint density at radius 3 is 2.41 bits per heavy atom. The Morgan fingerprint density at radius 1 is 1.05 bits per heavy atom. The van der Waals surface area contributed by atoms with Gasteiger partial charge >= 0.3 is 0 Å². The van der Waals surface area contributed by atoms with Crippen molar-refractivity contribution in [3.63, 3.8) is 0 Å². The van der Waals surface area contributed by atoms with E-state index in [4.69, 9.17) is 9.47 Å². The van der Waals surface area contributed by atoms with Crippen LogP contribution in [0.25, 0.3) is 0 Å². The van der Waals surface area contributed by atoms with Crippen LogP contribution in [0.5, 0.6) is 5.75 Å². The van der Waals surface area contributed by atoms with Crippen molar-refractivity contribution in [1.29, 1.82) is 0 Å². The van der Waals surface area contributed by atoms with E-state index in [0.717, 1.165) is 12.1 Å². The summed E-state index contributed by atoms with van der Waals surface area (Å²) in [5, 5.41) is 2.59. The summed E-state index contributed by atoms with van der Waals surface area (Å²) in [5.74, 6) is -1.93. The fourth-order valence-electron chi connectivity index (χ4n) is 1.72. The predicted molar refractivity (Wildman–Crippen MR) is 78.1 cm³/mol. The number of ether oxygens (including phenoxy) is 2. The molecule has 4 nitrogen and oxygen atoms in total. The molecule has 2 aromatic rings. The molecular formula is C16H15F2NO3. The molecule has 1 N–H and O–H groups in total. The average Bonchev–Trinajstić information content (AvgIpc) is 2.52. The van der Waals surface area contributed by atoms with E-state index in [2.05, 4.69) is 5.32 Å². The number of carbonyl (C=O) groups is 1. The van der Waals surface area contributed by atoms with Crippen molar-refractivity contribution in [1.82, 2.24) is 0 Å². The molecule has 0 atom stereocenters. The first-order valence-corrected chi connectivity index (χ1v) is 6.58. The predicted octanol–water partition coefficient (Wildman–Crippen LogP) is 3.24. The molecule has 0 radical (unpaired) electrons. The minimum absolute atomic E-state index is 0.0410. The van der Waals surface area contributed by atoms with E-state index in [1.54, 1.807) is 31.4 Å². The van der Waals surface area contributed by atoms with Gasteiger partial charge in [-0.25, -0.2) is 8.78 Å².